The molecule has 1 atom stereocenters. The highest BCUT2D eigenvalue weighted by atomic mass is 16.7. The van der Waals surface area contributed by atoms with Crippen LogP contribution in [-0.2, 0) is 11.2 Å². The molecule has 0 unspecified atom stereocenters. The van der Waals surface area contributed by atoms with Crippen molar-refractivity contribution in [2.45, 2.75) is 25.4 Å². The van der Waals surface area contributed by atoms with Gasteiger partial charge in [0.15, 0.2) is 11.5 Å². The fraction of sp³-hybridized carbons (Fsp3) is 0.368. The number of fused-ring (bicyclic) bond motifs is 1. The summed E-state index contributed by atoms with van der Waals surface area (Å²) in [7, 11) is 0. The first-order valence-corrected chi connectivity index (χ1v) is 8.51. The lowest BCUT2D eigenvalue weighted by molar-refractivity contribution is -0.133. The Kier molecular flexibility index (Phi) is 4.41. The molecule has 1 saturated heterocycles. The van der Waals surface area contributed by atoms with Gasteiger partial charge in [-0.15, -0.1) is 0 Å². The van der Waals surface area contributed by atoms with E-state index in [0.717, 1.165) is 36.4 Å². The summed E-state index contributed by atoms with van der Waals surface area (Å²) in [6.45, 7) is 1.64. The van der Waals surface area contributed by atoms with E-state index in [1.807, 2.05) is 35.2 Å². The van der Waals surface area contributed by atoms with E-state index in [1.165, 1.54) is 0 Å². The average Bonchev–Trinajstić information content (AvgIpc) is 3.10. The number of benzene rings is 1. The molecule has 6 heteroatoms. The smallest absolute Gasteiger partial charge is 0.231 e. The van der Waals surface area contributed by atoms with Crippen LogP contribution in [0.1, 0.15) is 18.4 Å². The maximum absolute atomic E-state index is 12.7. The molecule has 2 aliphatic rings. The highest BCUT2D eigenvalue weighted by Gasteiger charge is 2.25. The van der Waals surface area contributed by atoms with Gasteiger partial charge in [0, 0.05) is 18.9 Å². The fourth-order valence-corrected chi connectivity index (χ4v) is 3.21. The van der Waals surface area contributed by atoms with Crippen molar-refractivity contribution in [2.24, 2.45) is 0 Å². The first kappa shape index (κ1) is 15.7. The number of carbonyl (C=O) groups is 1. The van der Waals surface area contributed by atoms with Crippen molar-refractivity contribution in [3.63, 3.8) is 0 Å². The Morgan fingerprint density at radius 3 is 2.92 bits per heavy atom. The van der Waals surface area contributed by atoms with Crippen molar-refractivity contribution in [3.05, 3.63) is 48.3 Å². The molecule has 0 radical (unpaired) electrons. The van der Waals surface area contributed by atoms with E-state index in [4.69, 9.17) is 14.2 Å². The topological polar surface area (TPSA) is 60.9 Å². The van der Waals surface area contributed by atoms with Gasteiger partial charge in [-0.05, 0) is 42.7 Å². The van der Waals surface area contributed by atoms with E-state index < -0.39 is 0 Å². The van der Waals surface area contributed by atoms with Crippen LogP contribution in [-0.4, -0.2) is 41.8 Å². The molecular formula is C19H20N2O4. The summed E-state index contributed by atoms with van der Waals surface area (Å²) in [6.07, 6.45) is 5.70. The molecule has 3 heterocycles. The lowest BCUT2D eigenvalue weighted by atomic mass is 10.1. The summed E-state index contributed by atoms with van der Waals surface area (Å²) in [4.78, 5) is 18.5. The largest absolute Gasteiger partial charge is 0.488 e. The number of rotatable bonds is 4. The first-order valence-electron chi connectivity index (χ1n) is 8.51. The number of hydrogen-bond acceptors (Lipinski definition) is 5. The van der Waals surface area contributed by atoms with Gasteiger partial charge in [0.05, 0.1) is 13.0 Å². The molecule has 0 spiro atoms. The number of aromatic nitrogens is 1. The molecule has 130 valence electrons. The van der Waals surface area contributed by atoms with Gasteiger partial charge in [-0.25, -0.2) is 0 Å². The van der Waals surface area contributed by atoms with E-state index in [9.17, 15) is 4.79 Å². The van der Waals surface area contributed by atoms with Gasteiger partial charge in [0.2, 0.25) is 12.7 Å². The van der Waals surface area contributed by atoms with Crippen LogP contribution in [0.2, 0.25) is 0 Å². The summed E-state index contributed by atoms with van der Waals surface area (Å²) in [5, 5.41) is 0. The van der Waals surface area contributed by atoms with Gasteiger partial charge in [0.25, 0.3) is 0 Å². The summed E-state index contributed by atoms with van der Waals surface area (Å²) in [6, 6.07) is 9.34. The van der Waals surface area contributed by atoms with Crippen LogP contribution >= 0.6 is 0 Å². The summed E-state index contributed by atoms with van der Waals surface area (Å²) < 4.78 is 16.7. The lowest BCUT2D eigenvalue weighted by Gasteiger charge is -2.33. The zero-order valence-electron chi connectivity index (χ0n) is 13.9. The molecule has 25 heavy (non-hydrogen) atoms. The third-order valence-electron chi connectivity index (χ3n) is 4.48. The van der Waals surface area contributed by atoms with Gasteiger partial charge in [-0.1, -0.05) is 6.07 Å². The normalized spacial score (nSPS) is 18.9. The summed E-state index contributed by atoms with van der Waals surface area (Å²) in [5.74, 6) is 2.36. The second-order valence-corrected chi connectivity index (χ2v) is 6.27. The van der Waals surface area contributed by atoms with E-state index in [2.05, 4.69) is 4.98 Å². The lowest BCUT2D eigenvalue weighted by Crippen LogP contribution is -2.45. The van der Waals surface area contributed by atoms with Gasteiger partial charge < -0.3 is 19.1 Å². The number of ether oxygens (including phenoxy) is 3. The molecule has 0 N–H and O–H groups in total. The fourth-order valence-electron chi connectivity index (χ4n) is 3.21. The van der Waals surface area contributed by atoms with Crippen molar-refractivity contribution < 1.29 is 19.0 Å². The average molecular weight is 340 g/mol. The molecule has 6 nitrogen and oxygen atoms in total. The minimum atomic E-state index is 0.0249. The number of nitrogens with zero attached hydrogens (tertiary/aromatic N) is 2. The van der Waals surface area contributed by atoms with Crippen LogP contribution < -0.4 is 14.2 Å². The maximum atomic E-state index is 12.7. The molecule has 1 fully saturated rings. The number of hydrogen-bond donors (Lipinski definition) is 0. The second kappa shape index (κ2) is 7.01. The Morgan fingerprint density at radius 1 is 1.20 bits per heavy atom. The van der Waals surface area contributed by atoms with Gasteiger partial charge >= 0.3 is 0 Å². The van der Waals surface area contributed by atoms with E-state index in [1.54, 1.807) is 12.4 Å². The summed E-state index contributed by atoms with van der Waals surface area (Å²) in [5.41, 5.74) is 0.937. The Balaban J connectivity index is 1.36. The van der Waals surface area contributed by atoms with Crippen LogP contribution in [0.15, 0.2) is 42.7 Å². The van der Waals surface area contributed by atoms with Crippen LogP contribution in [0.5, 0.6) is 17.2 Å². The Hall–Kier alpha value is -2.76. The van der Waals surface area contributed by atoms with Crippen LogP contribution in [0, 0.1) is 0 Å². The van der Waals surface area contributed by atoms with Crippen molar-refractivity contribution in [2.75, 3.05) is 19.9 Å². The molecule has 1 aromatic carbocycles. The molecule has 1 amide bonds. The molecule has 2 aromatic rings. The molecule has 0 bridgehead atoms. The number of amides is 1. The number of carbonyl (C=O) groups excluding carboxylic acids is 1. The van der Waals surface area contributed by atoms with Gasteiger partial charge in [-0.2, -0.15) is 0 Å². The van der Waals surface area contributed by atoms with Crippen LogP contribution in [0.3, 0.4) is 0 Å². The molecule has 4 rings (SSSR count). The van der Waals surface area contributed by atoms with Crippen molar-refractivity contribution in [3.8, 4) is 17.2 Å². The monoisotopic (exact) mass is 340 g/mol. The standard InChI is InChI=1S/C19H20N2O4/c22-19(11-14-3-4-17-18(10-14)24-13-23-17)21-9-1-2-16(12-21)25-15-5-7-20-8-6-15/h3-8,10,16H,1-2,9,11-13H2/t16-/m1/s1. The Bertz CT molecular complexity index is 750. The zero-order chi connectivity index (χ0) is 17.1. The summed E-state index contributed by atoms with van der Waals surface area (Å²) >= 11 is 0. The van der Waals surface area contributed by atoms with Crippen LogP contribution in [0.4, 0.5) is 0 Å². The maximum Gasteiger partial charge on any atom is 0.231 e. The van der Waals surface area contributed by atoms with Gasteiger partial charge in [-0.3, -0.25) is 9.78 Å². The first-order chi connectivity index (χ1) is 12.3. The predicted octanol–water partition coefficient (Wildman–Crippen LogP) is 2.42. The van der Waals surface area contributed by atoms with E-state index in [-0.39, 0.29) is 18.8 Å². The van der Waals surface area contributed by atoms with E-state index in [0.29, 0.717) is 18.7 Å². The van der Waals surface area contributed by atoms with Crippen molar-refractivity contribution >= 4 is 5.91 Å². The Labute approximate surface area is 146 Å². The van der Waals surface area contributed by atoms with Crippen molar-refractivity contribution in [1.82, 2.24) is 9.88 Å². The number of piperidine rings is 1. The minimum Gasteiger partial charge on any atom is -0.488 e. The number of likely N-dealkylation sites (tertiary alicyclic amines) is 1. The second-order valence-electron chi connectivity index (χ2n) is 6.27. The highest BCUT2D eigenvalue weighted by Crippen LogP contribution is 2.32. The molecule has 0 saturated carbocycles. The highest BCUT2D eigenvalue weighted by molar-refractivity contribution is 5.79. The van der Waals surface area contributed by atoms with Crippen molar-refractivity contribution in [1.29, 1.82) is 0 Å². The minimum absolute atomic E-state index is 0.0249. The van der Waals surface area contributed by atoms with Gasteiger partial charge in [0.1, 0.15) is 11.9 Å². The predicted molar refractivity (Wildman–Crippen MR) is 90.7 cm³/mol. The molecule has 1 aromatic heterocycles. The molecular weight excluding hydrogens is 320 g/mol. The Morgan fingerprint density at radius 2 is 2.04 bits per heavy atom. The quantitative estimate of drug-likeness (QED) is 0.855. The zero-order valence-corrected chi connectivity index (χ0v) is 13.9. The number of pyridine rings is 1. The SMILES string of the molecule is O=C(Cc1ccc2c(c1)OCO2)N1CCC[C@@H](Oc2ccncc2)C1. The molecule has 2 aliphatic heterocycles. The van der Waals surface area contributed by atoms with Crippen LogP contribution in [0.25, 0.3) is 0 Å². The third kappa shape index (κ3) is 3.68. The molecule has 0 aliphatic carbocycles. The van der Waals surface area contributed by atoms with E-state index >= 15 is 0 Å². The third-order valence-corrected chi connectivity index (χ3v) is 4.48.